The molecule has 1 aromatic rings. The molecule has 0 fully saturated rings. The molecule has 1 heterocycles. The van der Waals surface area contributed by atoms with Gasteiger partial charge in [-0.1, -0.05) is 6.07 Å². The van der Waals surface area contributed by atoms with Crippen molar-refractivity contribution in [2.24, 2.45) is 5.10 Å². The van der Waals surface area contributed by atoms with Crippen LogP contribution >= 0.6 is 0 Å². The first-order chi connectivity index (χ1) is 9.49. The highest BCUT2D eigenvalue weighted by atomic mass is 19.1. The maximum Gasteiger partial charge on any atom is 0.340 e. The number of nitrogens with one attached hydrogen (secondary N) is 2. The van der Waals surface area contributed by atoms with Gasteiger partial charge in [0.15, 0.2) is 0 Å². The highest BCUT2D eigenvalue weighted by Gasteiger charge is 2.22. The summed E-state index contributed by atoms with van der Waals surface area (Å²) in [6.07, 6.45) is 0.247. The Kier molecular flexibility index (Phi) is 3.74. The number of carbonyl (C=O) groups excluding carboxylic acids is 2. The van der Waals surface area contributed by atoms with Gasteiger partial charge < -0.3 is 10.4 Å². The van der Waals surface area contributed by atoms with E-state index in [0.29, 0.717) is 0 Å². The fourth-order valence-electron chi connectivity index (χ4n) is 1.68. The SMILES string of the molecule is O=C1CCC(C(=O)Nc2cccc(F)c2C(=O)O)=NN1. The van der Waals surface area contributed by atoms with Gasteiger partial charge in [-0.3, -0.25) is 9.59 Å². The largest absolute Gasteiger partial charge is 0.478 e. The number of anilines is 1. The topological polar surface area (TPSA) is 108 Å². The van der Waals surface area contributed by atoms with Gasteiger partial charge in [-0.05, 0) is 12.1 Å². The molecular formula is C12H10FN3O4. The number of hydrogen-bond acceptors (Lipinski definition) is 4. The Hall–Kier alpha value is -2.77. The number of benzene rings is 1. The van der Waals surface area contributed by atoms with E-state index in [4.69, 9.17) is 5.11 Å². The van der Waals surface area contributed by atoms with Gasteiger partial charge in [0.05, 0.1) is 5.69 Å². The molecule has 0 radical (unpaired) electrons. The van der Waals surface area contributed by atoms with Crippen molar-refractivity contribution in [1.29, 1.82) is 0 Å². The van der Waals surface area contributed by atoms with Crippen LogP contribution in [0.1, 0.15) is 23.2 Å². The molecule has 0 aliphatic carbocycles. The number of carboxylic acid groups (broad SMARTS) is 1. The zero-order valence-corrected chi connectivity index (χ0v) is 10.1. The van der Waals surface area contributed by atoms with E-state index in [2.05, 4.69) is 15.8 Å². The fourth-order valence-corrected chi connectivity index (χ4v) is 1.68. The van der Waals surface area contributed by atoms with E-state index in [1.165, 1.54) is 12.1 Å². The minimum Gasteiger partial charge on any atom is -0.478 e. The first-order valence-corrected chi connectivity index (χ1v) is 5.67. The van der Waals surface area contributed by atoms with Crippen molar-refractivity contribution >= 4 is 29.2 Å². The molecule has 0 atom stereocenters. The molecule has 0 spiro atoms. The number of amides is 2. The number of rotatable bonds is 3. The monoisotopic (exact) mass is 279 g/mol. The summed E-state index contributed by atoms with van der Waals surface area (Å²) in [6, 6.07) is 3.53. The molecule has 0 aromatic heterocycles. The molecule has 2 amide bonds. The van der Waals surface area contributed by atoms with E-state index < -0.39 is 23.3 Å². The lowest BCUT2D eigenvalue weighted by Gasteiger charge is -2.13. The molecule has 1 aromatic carbocycles. The third-order valence-electron chi connectivity index (χ3n) is 2.64. The summed E-state index contributed by atoms with van der Waals surface area (Å²) in [4.78, 5) is 33.7. The molecule has 3 N–H and O–H groups in total. The Morgan fingerprint density at radius 3 is 2.70 bits per heavy atom. The molecule has 0 unspecified atom stereocenters. The summed E-state index contributed by atoms with van der Waals surface area (Å²) in [7, 11) is 0. The van der Waals surface area contributed by atoms with E-state index in [1.807, 2.05) is 0 Å². The number of halogens is 1. The van der Waals surface area contributed by atoms with E-state index in [-0.39, 0.29) is 30.1 Å². The molecule has 1 aliphatic heterocycles. The Morgan fingerprint density at radius 2 is 2.10 bits per heavy atom. The lowest BCUT2D eigenvalue weighted by molar-refractivity contribution is -0.121. The van der Waals surface area contributed by atoms with Crippen molar-refractivity contribution in [2.45, 2.75) is 12.8 Å². The summed E-state index contributed by atoms with van der Waals surface area (Å²) in [5.41, 5.74) is 1.40. The van der Waals surface area contributed by atoms with Crippen molar-refractivity contribution < 1.29 is 23.9 Å². The van der Waals surface area contributed by atoms with E-state index in [0.717, 1.165) is 6.07 Å². The van der Waals surface area contributed by atoms with Crippen molar-refractivity contribution in [3.05, 3.63) is 29.6 Å². The lowest BCUT2D eigenvalue weighted by Crippen LogP contribution is -2.33. The Bertz CT molecular complexity index is 627. The first kappa shape index (κ1) is 13.7. The zero-order valence-electron chi connectivity index (χ0n) is 10.1. The molecule has 104 valence electrons. The van der Waals surface area contributed by atoms with Crippen LogP contribution in [-0.2, 0) is 9.59 Å². The predicted molar refractivity (Wildman–Crippen MR) is 66.8 cm³/mol. The zero-order chi connectivity index (χ0) is 14.7. The Labute approximate surface area is 112 Å². The maximum absolute atomic E-state index is 13.4. The van der Waals surface area contributed by atoms with Crippen LogP contribution in [-0.4, -0.2) is 28.6 Å². The number of aromatic carboxylic acids is 1. The predicted octanol–water partition coefficient (Wildman–Crippen LogP) is 0.728. The smallest absolute Gasteiger partial charge is 0.340 e. The molecule has 1 aliphatic rings. The summed E-state index contributed by atoms with van der Waals surface area (Å²) in [5, 5.41) is 14.8. The summed E-state index contributed by atoms with van der Waals surface area (Å²) >= 11 is 0. The van der Waals surface area contributed by atoms with Crippen LogP contribution < -0.4 is 10.7 Å². The first-order valence-electron chi connectivity index (χ1n) is 5.67. The highest BCUT2D eigenvalue weighted by molar-refractivity contribution is 6.43. The number of carbonyl (C=O) groups is 3. The van der Waals surface area contributed by atoms with Gasteiger partial charge in [-0.15, -0.1) is 0 Å². The van der Waals surface area contributed by atoms with Crippen molar-refractivity contribution in [2.75, 3.05) is 5.32 Å². The van der Waals surface area contributed by atoms with Crippen LogP contribution in [0.5, 0.6) is 0 Å². The van der Waals surface area contributed by atoms with E-state index >= 15 is 0 Å². The van der Waals surface area contributed by atoms with Crippen LogP contribution in [0.25, 0.3) is 0 Å². The molecule has 0 saturated carbocycles. The fraction of sp³-hybridized carbons (Fsp3) is 0.167. The summed E-state index contributed by atoms with van der Waals surface area (Å²) in [6.45, 7) is 0. The van der Waals surface area contributed by atoms with Gasteiger partial charge in [0.2, 0.25) is 5.91 Å². The number of hydrogen-bond donors (Lipinski definition) is 3. The third-order valence-corrected chi connectivity index (χ3v) is 2.64. The minimum absolute atomic E-state index is 0.0465. The van der Waals surface area contributed by atoms with Crippen LogP contribution in [0.4, 0.5) is 10.1 Å². The third kappa shape index (κ3) is 2.79. The second-order valence-corrected chi connectivity index (χ2v) is 4.02. The maximum atomic E-state index is 13.4. The number of hydrazone groups is 1. The summed E-state index contributed by atoms with van der Waals surface area (Å²) < 4.78 is 13.4. The van der Waals surface area contributed by atoms with Crippen molar-refractivity contribution in [1.82, 2.24) is 5.43 Å². The molecule has 7 nitrogen and oxygen atoms in total. The average Bonchev–Trinajstić information content (AvgIpc) is 2.39. The summed E-state index contributed by atoms with van der Waals surface area (Å²) in [5.74, 6) is -3.43. The van der Waals surface area contributed by atoms with Gasteiger partial charge >= 0.3 is 5.97 Å². The van der Waals surface area contributed by atoms with Crippen LogP contribution in [0, 0.1) is 5.82 Å². The average molecular weight is 279 g/mol. The van der Waals surface area contributed by atoms with Crippen LogP contribution in [0.15, 0.2) is 23.3 Å². The second kappa shape index (κ2) is 5.47. The highest BCUT2D eigenvalue weighted by Crippen LogP contribution is 2.19. The number of nitrogens with zero attached hydrogens (tertiary/aromatic N) is 1. The molecule has 2 rings (SSSR count). The minimum atomic E-state index is -1.49. The Balaban J connectivity index is 2.22. The van der Waals surface area contributed by atoms with Crippen molar-refractivity contribution in [3.63, 3.8) is 0 Å². The molecular weight excluding hydrogens is 269 g/mol. The normalized spacial score (nSPS) is 14.2. The van der Waals surface area contributed by atoms with E-state index in [9.17, 15) is 18.8 Å². The molecule has 0 bridgehead atoms. The molecule has 8 heteroatoms. The van der Waals surface area contributed by atoms with E-state index in [1.54, 1.807) is 0 Å². The second-order valence-electron chi connectivity index (χ2n) is 4.02. The molecule has 20 heavy (non-hydrogen) atoms. The van der Waals surface area contributed by atoms with Gasteiger partial charge in [-0.25, -0.2) is 14.6 Å². The van der Waals surface area contributed by atoms with Gasteiger partial charge in [0, 0.05) is 12.8 Å². The molecule has 0 saturated heterocycles. The van der Waals surface area contributed by atoms with Crippen LogP contribution in [0.2, 0.25) is 0 Å². The van der Waals surface area contributed by atoms with Gasteiger partial charge in [0.25, 0.3) is 5.91 Å². The number of carboxylic acids is 1. The van der Waals surface area contributed by atoms with Gasteiger partial charge in [-0.2, -0.15) is 5.10 Å². The van der Waals surface area contributed by atoms with Crippen molar-refractivity contribution in [3.8, 4) is 0 Å². The van der Waals surface area contributed by atoms with Crippen LogP contribution in [0.3, 0.4) is 0 Å². The quantitative estimate of drug-likeness (QED) is 0.757. The standard InChI is InChI=1S/C12H10FN3O4/c13-6-2-1-3-7(10(6)12(19)20)14-11(18)8-4-5-9(17)16-15-8/h1-3H,4-5H2,(H,14,18)(H,16,17)(H,19,20). The Morgan fingerprint density at radius 1 is 1.35 bits per heavy atom. The lowest BCUT2D eigenvalue weighted by atomic mass is 10.1. The van der Waals surface area contributed by atoms with Gasteiger partial charge in [0.1, 0.15) is 17.1 Å².